The highest BCUT2D eigenvalue weighted by atomic mass is 32.2. The number of nitrogen functional groups attached to an aromatic ring is 1. The van der Waals surface area contributed by atoms with Crippen LogP contribution in [0, 0.1) is 17.2 Å². The zero-order valence-corrected chi connectivity index (χ0v) is 12.9. The third-order valence-electron chi connectivity index (χ3n) is 3.95. The lowest BCUT2D eigenvalue weighted by Crippen LogP contribution is -2.31. The van der Waals surface area contributed by atoms with Crippen LogP contribution in [-0.4, -0.2) is 25.8 Å². The number of benzene rings is 1. The summed E-state index contributed by atoms with van der Waals surface area (Å²) in [5.41, 5.74) is 5.72. The molecule has 0 aliphatic carbocycles. The zero-order chi connectivity index (χ0) is 15.1. The normalized spacial score (nSPS) is 21.3. The van der Waals surface area contributed by atoms with E-state index in [1.807, 2.05) is 0 Å². The van der Waals surface area contributed by atoms with Gasteiger partial charge in [-0.15, -0.1) is 0 Å². The van der Waals surface area contributed by atoms with Gasteiger partial charge in [-0.1, -0.05) is 20.8 Å². The molecule has 0 amide bonds. The summed E-state index contributed by atoms with van der Waals surface area (Å²) in [4.78, 5) is -0.291. The standard InChI is InChI=1S/C14H21FN2O2S/c1-14(2,3)10-6-7-17(9-10)20(18,19)13-5-4-11(16)8-12(13)15/h4-5,8,10H,6-7,9,16H2,1-3H3. The third kappa shape index (κ3) is 2.81. The molecule has 1 aliphatic heterocycles. The van der Waals surface area contributed by atoms with Crippen molar-refractivity contribution in [1.82, 2.24) is 4.31 Å². The van der Waals surface area contributed by atoms with Gasteiger partial charge in [-0.05, 0) is 36.0 Å². The molecule has 20 heavy (non-hydrogen) atoms. The topological polar surface area (TPSA) is 63.4 Å². The Morgan fingerprint density at radius 3 is 2.50 bits per heavy atom. The minimum absolute atomic E-state index is 0.0456. The molecule has 0 radical (unpaired) electrons. The summed E-state index contributed by atoms with van der Waals surface area (Å²) in [6.07, 6.45) is 0.805. The van der Waals surface area contributed by atoms with Gasteiger partial charge in [0.25, 0.3) is 0 Å². The summed E-state index contributed by atoms with van der Waals surface area (Å²) in [5, 5.41) is 0. The largest absolute Gasteiger partial charge is 0.399 e. The highest BCUT2D eigenvalue weighted by molar-refractivity contribution is 7.89. The van der Waals surface area contributed by atoms with Crippen LogP contribution < -0.4 is 5.73 Å². The van der Waals surface area contributed by atoms with Crippen LogP contribution in [0.5, 0.6) is 0 Å². The fraction of sp³-hybridized carbons (Fsp3) is 0.571. The van der Waals surface area contributed by atoms with Crippen molar-refractivity contribution in [1.29, 1.82) is 0 Å². The van der Waals surface area contributed by atoms with Gasteiger partial charge in [0.1, 0.15) is 10.7 Å². The van der Waals surface area contributed by atoms with Crippen LogP contribution >= 0.6 is 0 Å². The van der Waals surface area contributed by atoms with Gasteiger partial charge in [-0.2, -0.15) is 4.31 Å². The van der Waals surface area contributed by atoms with E-state index in [-0.39, 0.29) is 21.9 Å². The Morgan fingerprint density at radius 1 is 1.35 bits per heavy atom. The van der Waals surface area contributed by atoms with E-state index in [0.717, 1.165) is 12.5 Å². The first-order valence-electron chi connectivity index (χ1n) is 6.67. The predicted octanol–water partition coefficient (Wildman–Crippen LogP) is 2.46. The number of anilines is 1. The predicted molar refractivity (Wildman–Crippen MR) is 77.1 cm³/mol. The van der Waals surface area contributed by atoms with Crippen LogP contribution in [0.3, 0.4) is 0 Å². The van der Waals surface area contributed by atoms with Crippen LogP contribution in [0.2, 0.25) is 0 Å². The lowest BCUT2D eigenvalue weighted by atomic mass is 9.80. The molecule has 0 saturated carbocycles. The molecular formula is C14H21FN2O2S. The van der Waals surface area contributed by atoms with Crippen molar-refractivity contribution in [2.24, 2.45) is 11.3 Å². The van der Waals surface area contributed by atoms with Gasteiger partial charge in [-0.25, -0.2) is 12.8 Å². The molecule has 1 heterocycles. The molecule has 1 aromatic carbocycles. The van der Waals surface area contributed by atoms with Gasteiger partial charge in [-0.3, -0.25) is 0 Å². The number of nitrogens with zero attached hydrogens (tertiary/aromatic N) is 1. The fourth-order valence-corrected chi connectivity index (χ4v) is 4.06. The number of nitrogens with two attached hydrogens (primary N) is 1. The second kappa shape index (κ2) is 5.00. The third-order valence-corrected chi connectivity index (χ3v) is 5.85. The Morgan fingerprint density at radius 2 is 2.00 bits per heavy atom. The van der Waals surface area contributed by atoms with E-state index in [4.69, 9.17) is 5.73 Å². The summed E-state index contributed by atoms with van der Waals surface area (Å²) in [6.45, 7) is 7.16. The molecule has 0 bridgehead atoms. The average Bonchev–Trinajstić information content (AvgIpc) is 2.77. The molecule has 1 saturated heterocycles. The highest BCUT2D eigenvalue weighted by Crippen LogP contribution is 2.36. The summed E-state index contributed by atoms with van der Waals surface area (Å²) in [7, 11) is -3.78. The van der Waals surface area contributed by atoms with Gasteiger partial charge in [0, 0.05) is 18.8 Å². The number of halogens is 1. The van der Waals surface area contributed by atoms with E-state index in [2.05, 4.69) is 20.8 Å². The van der Waals surface area contributed by atoms with Gasteiger partial charge in [0.05, 0.1) is 0 Å². The Kier molecular flexibility index (Phi) is 3.81. The molecular weight excluding hydrogens is 279 g/mol. The van der Waals surface area contributed by atoms with Gasteiger partial charge in [0.2, 0.25) is 10.0 Å². The Hall–Kier alpha value is -1.14. The second-order valence-electron chi connectivity index (χ2n) is 6.40. The first-order chi connectivity index (χ1) is 9.12. The van der Waals surface area contributed by atoms with Crippen LogP contribution in [-0.2, 0) is 10.0 Å². The summed E-state index contributed by atoms with van der Waals surface area (Å²) < 4.78 is 40.2. The molecule has 1 aromatic rings. The van der Waals surface area contributed by atoms with Crippen molar-refractivity contribution < 1.29 is 12.8 Å². The lowest BCUT2D eigenvalue weighted by molar-refractivity contribution is 0.252. The fourth-order valence-electron chi connectivity index (χ4n) is 2.52. The minimum atomic E-state index is -3.78. The van der Waals surface area contributed by atoms with Crippen LogP contribution in [0.15, 0.2) is 23.1 Å². The summed E-state index contributed by atoms with van der Waals surface area (Å²) in [6, 6.07) is 3.70. The maximum Gasteiger partial charge on any atom is 0.245 e. The molecule has 1 fully saturated rings. The Labute approximate surface area is 119 Å². The van der Waals surface area contributed by atoms with Crippen molar-refractivity contribution in [2.75, 3.05) is 18.8 Å². The molecule has 112 valence electrons. The quantitative estimate of drug-likeness (QED) is 0.853. The maximum absolute atomic E-state index is 13.8. The van der Waals surface area contributed by atoms with Crippen LogP contribution in [0.25, 0.3) is 0 Å². The zero-order valence-electron chi connectivity index (χ0n) is 12.1. The van der Waals surface area contributed by atoms with Crippen LogP contribution in [0.1, 0.15) is 27.2 Å². The number of hydrogen-bond acceptors (Lipinski definition) is 3. The van der Waals surface area contributed by atoms with Crippen LogP contribution in [0.4, 0.5) is 10.1 Å². The Balaban J connectivity index is 2.28. The minimum Gasteiger partial charge on any atom is -0.399 e. The van der Waals surface area contributed by atoms with Crippen molar-refractivity contribution in [3.63, 3.8) is 0 Å². The molecule has 1 unspecified atom stereocenters. The summed E-state index contributed by atoms with van der Waals surface area (Å²) >= 11 is 0. The van der Waals surface area contributed by atoms with Crippen molar-refractivity contribution in [2.45, 2.75) is 32.1 Å². The monoisotopic (exact) mass is 300 g/mol. The van der Waals surface area contributed by atoms with Crippen molar-refractivity contribution in [3.05, 3.63) is 24.0 Å². The molecule has 2 rings (SSSR count). The highest BCUT2D eigenvalue weighted by Gasteiger charge is 2.38. The number of hydrogen-bond donors (Lipinski definition) is 1. The van der Waals surface area contributed by atoms with E-state index >= 15 is 0 Å². The summed E-state index contributed by atoms with van der Waals surface area (Å²) in [5.74, 6) is -0.502. The van der Waals surface area contributed by atoms with E-state index < -0.39 is 15.8 Å². The van der Waals surface area contributed by atoms with Gasteiger partial charge >= 0.3 is 0 Å². The molecule has 4 nitrogen and oxygen atoms in total. The SMILES string of the molecule is CC(C)(C)C1CCN(S(=O)(=O)c2ccc(N)cc2F)C1. The van der Waals surface area contributed by atoms with E-state index in [1.165, 1.54) is 16.4 Å². The smallest absolute Gasteiger partial charge is 0.245 e. The van der Waals surface area contributed by atoms with Crippen molar-refractivity contribution >= 4 is 15.7 Å². The van der Waals surface area contributed by atoms with Gasteiger partial charge in [0.15, 0.2) is 0 Å². The second-order valence-corrected chi connectivity index (χ2v) is 8.31. The lowest BCUT2D eigenvalue weighted by Gasteiger charge is -2.26. The first-order valence-corrected chi connectivity index (χ1v) is 8.11. The molecule has 0 spiro atoms. The number of sulfonamides is 1. The molecule has 1 aliphatic rings. The molecule has 1 atom stereocenters. The van der Waals surface area contributed by atoms with E-state index in [9.17, 15) is 12.8 Å². The maximum atomic E-state index is 13.8. The van der Waals surface area contributed by atoms with Crippen molar-refractivity contribution in [3.8, 4) is 0 Å². The average molecular weight is 300 g/mol. The van der Waals surface area contributed by atoms with Gasteiger partial charge < -0.3 is 5.73 Å². The van der Waals surface area contributed by atoms with E-state index in [0.29, 0.717) is 13.1 Å². The molecule has 2 N–H and O–H groups in total. The molecule has 0 aromatic heterocycles. The molecule has 6 heteroatoms. The van der Waals surface area contributed by atoms with E-state index in [1.54, 1.807) is 0 Å². The first kappa shape index (κ1) is 15.3. The number of rotatable bonds is 2. The Bertz CT molecular complexity index is 608.